The molecule has 7 nitrogen and oxygen atoms in total. The van der Waals surface area contributed by atoms with Crippen molar-refractivity contribution in [2.75, 3.05) is 32.9 Å². The summed E-state index contributed by atoms with van der Waals surface area (Å²) < 4.78 is 26.6. The standard InChI is InChI=1S/C12H20N4O3S/c1-9-10(13)5-4-6-11(9)20(18,19)15-8-7-14-12(17)16(2)3/h4-6,15H,7-8,13H2,1-3H3,(H,14,17). The molecule has 0 atom stereocenters. The average molecular weight is 300 g/mol. The number of nitrogens with zero attached hydrogens (tertiary/aromatic N) is 1. The predicted octanol–water partition coefficient (Wildman–Crippen LogP) is 0.127. The van der Waals surface area contributed by atoms with Gasteiger partial charge in [0.15, 0.2) is 0 Å². The van der Waals surface area contributed by atoms with Gasteiger partial charge < -0.3 is 16.0 Å². The molecule has 0 unspecified atom stereocenters. The zero-order valence-corrected chi connectivity index (χ0v) is 12.6. The van der Waals surface area contributed by atoms with Crippen LogP contribution in [-0.4, -0.2) is 46.5 Å². The fourth-order valence-corrected chi connectivity index (χ4v) is 2.82. The maximum absolute atomic E-state index is 12.1. The van der Waals surface area contributed by atoms with Crippen LogP contribution in [0.2, 0.25) is 0 Å². The van der Waals surface area contributed by atoms with Gasteiger partial charge >= 0.3 is 6.03 Å². The molecule has 0 saturated carbocycles. The van der Waals surface area contributed by atoms with E-state index in [9.17, 15) is 13.2 Å². The molecule has 0 spiro atoms. The Balaban J connectivity index is 2.63. The Hall–Kier alpha value is -1.80. The van der Waals surface area contributed by atoms with Crippen LogP contribution in [0.15, 0.2) is 23.1 Å². The zero-order chi connectivity index (χ0) is 15.3. The van der Waals surface area contributed by atoms with Crippen LogP contribution in [-0.2, 0) is 10.0 Å². The second kappa shape index (κ2) is 6.58. The molecule has 0 aromatic heterocycles. The Bertz CT molecular complexity index is 584. The molecule has 2 amide bonds. The Morgan fingerprint density at radius 3 is 2.55 bits per heavy atom. The van der Waals surface area contributed by atoms with E-state index in [0.717, 1.165) is 0 Å². The second-order valence-corrected chi connectivity index (χ2v) is 6.23. The topological polar surface area (TPSA) is 105 Å². The fraction of sp³-hybridized carbons (Fsp3) is 0.417. The molecule has 0 saturated heterocycles. The number of nitrogens with two attached hydrogens (primary N) is 1. The number of sulfonamides is 1. The van der Waals surface area contributed by atoms with Crippen molar-refractivity contribution in [3.8, 4) is 0 Å². The molecule has 4 N–H and O–H groups in total. The quantitative estimate of drug-likeness (QED) is 0.531. The molecule has 0 aliphatic rings. The smallest absolute Gasteiger partial charge is 0.316 e. The highest BCUT2D eigenvalue weighted by Gasteiger charge is 2.17. The van der Waals surface area contributed by atoms with Crippen molar-refractivity contribution in [1.82, 2.24) is 14.9 Å². The number of nitrogen functional groups attached to an aromatic ring is 1. The summed E-state index contributed by atoms with van der Waals surface area (Å²) in [6, 6.07) is 4.45. The van der Waals surface area contributed by atoms with Crippen molar-refractivity contribution in [3.05, 3.63) is 23.8 Å². The van der Waals surface area contributed by atoms with Gasteiger partial charge in [-0.15, -0.1) is 0 Å². The van der Waals surface area contributed by atoms with E-state index >= 15 is 0 Å². The summed E-state index contributed by atoms with van der Waals surface area (Å²) in [4.78, 5) is 12.8. The van der Waals surface area contributed by atoms with Crippen molar-refractivity contribution in [2.24, 2.45) is 0 Å². The summed E-state index contributed by atoms with van der Waals surface area (Å²) in [5, 5.41) is 2.57. The molecule has 0 bridgehead atoms. The van der Waals surface area contributed by atoms with Gasteiger partial charge in [-0.05, 0) is 24.6 Å². The number of carbonyl (C=O) groups excluding carboxylic acids is 1. The fourth-order valence-electron chi connectivity index (χ4n) is 1.51. The molecule has 0 fully saturated rings. The lowest BCUT2D eigenvalue weighted by Crippen LogP contribution is -2.39. The van der Waals surface area contributed by atoms with E-state index in [1.807, 2.05) is 0 Å². The summed E-state index contributed by atoms with van der Waals surface area (Å²) >= 11 is 0. The number of amides is 2. The Morgan fingerprint density at radius 1 is 1.30 bits per heavy atom. The molecular formula is C12H20N4O3S. The maximum Gasteiger partial charge on any atom is 0.316 e. The van der Waals surface area contributed by atoms with E-state index < -0.39 is 10.0 Å². The van der Waals surface area contributed by atoms with Crippen LogP contribution < -0.4 is 15.8 Å². The Labute approximate surface area is 119 Å². The maximum atomic E-state index is 12.1. The van der Waals surface area contributed by atoms with Crippen molar-refractivity contribution in [3.63, 3.8) is 0 Å². The number of hydrogen-bond acceptors (Lipinski definition) is 4. The van der Waals surface area contributed by atoms with E-state index in [4.69, 9.17) is 5.73 Å². The molecule has 112 valence electrons. The lowest BCUT2D eigenvalue weighted by atomic mass is 10.2. The third kappa shape index (κ3) is 4.10. The van der Waals surface area contributed by atoms with Gasteiger partial charge in [0.05, 0.1) is 4.90 Å². The predicted molar refractivity (Wildman–Crippen MR) is 77.9 cm³/mol. The number of anilines is 1. The number of urea groups is 1. The highest BCUT2D eigenvalue weighted by Crippen LogP contribution is 2.19. The van der Waals surface area contributed by atoms with Crippen molar-refractivity contribution in [2.45, 2.75) is 11.8 Å². The molecule has 1 rings (SSSR count). The lowest BCUT2D eigenvalue weighted by Gasteiger charge is -2.13. The largest absolute Gasteiger partial charge is 0.398 e. The van der Waals surface area contributed by atoms with Crippen LogP contribution in [0.25, 0.3) is 0 Å². The number of nitrogens with one attached hydrogen (secondary N) is 2. The van der Waals surface area contributed by atoms with Crippen molar-refractivity contribution >= 4 is 21.7 Å². The van der Waals surface area contributed by atoms with Gasteiger partial charge in [-0.1, -0.05) is 6.07 Å². The monoisotopic (exact) mass is 300 g/mol. The van der Waals surface area contributed by atoms with Gasteiger partial charge in [-0.2, -0.15) is 0 Å². The van der Waals surface area contributed by atoms with E-state index in [0.29, 0.717) is 11.3 Å². The van der Waals surface area contributed by atoms with Crippen LogP contribution in [0, 0.1) is 6.92 Å². The first-order valence-corrected chi connectivity index (χ1v) is 7.54. The van der Waals surface area contributed by atoms with Crippen molar-refractivity contribution in [1.29, 1.82) is 0 Å². The van der Waals surface area contributed by atoms with Crippen molar-refractivity contribution < 1.29 is 13.2 Å². The van der Waals surface area contributed by atoms with E-state index in [1.165, 1.54) is 11.0 Å². The average Bonchev–Trinajstić information content (AvgIpc) is 2.37. The summed E-state index contributed by atoms with van der Waals surface area (Å²) in [5.74, 6) is 0. The minimum absolute atomic E-state index is 0.107. The van der Waals surface area contributed by atoms with Gasteiger partial charge in [-0.3, -0.25) is 0 Å². The SMILES string of the molecule is Cc1c(N)cccc1S(=O)(=O)NCCNC(=O)N(C)C. The van der Waals surface area contributed by atoms with Gasteiger partial charge in [0.2, 0.25) is 10.0 Å². The van der Waals surface area contributed by atoms with Crippen LogP contribution in [0.4, 0.5) is 10.5 Å². The summed E-state index contributed by atoms with van der Waals surface area (Å²) in [5.41, 5.74) is 6.63. The normalized spacial score (nSPS) is 11.2. The van der Waals surface area contributed by atoms with Crippen LogP contribution >= 0.6 is 0 Å². The molecule has 0 heterocycles. The molecule has 20 heavy (non-hydrogen) atoms. The minimum Gasteiger partial charge on any atom is -0.398 e. The Morgan fingerprint density at radius 2 is 1.95 bits per heavy atom. The third-order valence-electron chi connectivity index (χ3n) is 2.71. The van der Waals surface area contributed by atoms with Crippen LogP contribution in [0.3, 0.4) is 0 Å². The van der Waals surface area contributed by atoms with E-state index in [1.54, 1.807) is 33.2 Å². The zero-order valence-electron chi connectivity index (χ0n) is 11.8. The first-order valence-electron chi connectivity index (χ1n) is 6.05. The molecule has 0 aliphatic heterocycles. The molecule has 8 heteroatoms. The van der Waals surface area contributed by atoms with E-state index in [2.05, 4.69) is 10.0 Å². The number of carbonyl (C=O) groups is 1. The number of benzene rings is 1. The molecule has 0 radical (unpaired) electrons. The van der Waals surface area contributed by atoms with Gasteiger partial charge in [0.1, 0.15) is 0 Å². The third-order valence-corrected chi connectivity index (χ3v) is 4.32. The molecule has 0 aliphatic carbocycles. The highest BCUT2D eigenvalue weighted by molar-refractivity contribution is 7.89. The second-order valence-electron chi connectivity index (χ2n) is 4.49. The van der Waals surface area contributed by atoms with Gasteiger partial charge in [-0.25, -0.2) is 17.9 Å². The van der Waals surface area contributed by atoms with E-state index in [-0.39, 0.29) is 24.0 Å². The first kappa shape index (κ1) is 16.3. The summed E-state index contributed by atoms with van der Waals surface area (Å²) in [7, 11) is -0.413. The lowest BCUT2D eigenvalue weighted by molar-refractivity contribution is 0.217. The van der Waals surface area contributed by atoms with Crippen LogP contribution in [0.5, 0.6) is 0 Å². The van der Waals surface area contributed by atoms with Crippen LogP contribution in [0.1, 0.15) is 5.56 Å². The highest BCUT2D eigenvalue weighted by atomic mass is 32.2. The molecule has 1 aromatic rings. The first-order chi connectivity index (χ1) is 9.25. The van der Waals surface area contributed by atoms with Gasteiger partial charge in [0, 0.05) is 32.9 Å². The van der Waals surface area contributed by atoms with Gasteiger partial charge in [0.25, 0.3) is 0 Å². The molecule has 1 aromatic carbocycles. The summed E-state index contributed by atoms with van der Waals surface area (Å²) in [6.45, 7) is 1.96. The Kier molecular flexibility index (Phi) is 5.34. The minimum atomic E-state index is -3.63. The molecular weight excluding hydrogens is 280 g/mol. The number of rotatable bonds is 5. The number of hydrogen-bond donors (Lipinski definition) is 3. The summed E-state index contributed by atoms with van der Waals surface area (Å²) in [6.07, 6.45) is 0.